The summed E-state index contributed by atoms with van der Waals surface area (Å²) in [5, 5.41) is 4.96. The van der Waals surface area contributed by atoms with Crippen LogP contribution in [0, 0.1) is 0 Å². The monoisotopic (exact) mass is 333 g/mol. The summed E-state index contributed by atoms with van der Waals surface area (Å²) in [5.74, 6) is -0.296. The number of ether oxygens (including phenoxy) is 1. The van der Waals surface area contributed by atoms with Crippen LogP contribution < -0.4 is 10.9 Å². The summed E-state index contributed by atoms with van der Waals surface area (Å²) in [5.41, 5.74) is 6.41. The number of carbonyl (C=O) groups excluding carboxylic acids is 2. The van der Waals surface area contributed by atoms with Crippen molar-refractivity contribution < 1.29 is 14.3 Å². The predicted octanol–water partition coefficient (Wildman–Crippen LogP) is 2.53. The van der Waals surface area contributed by atoms with Crippen LogP contribution in [0.15, 0.2) is 12.3 Å². The summed E-state index contributed by atoms with van der Waals surface area (Å²) in [7, 11) is 0. The summed E-state index contributed by atoms with van der Waals surface area (Å²) in [6.07, 6.45) is 0.907. The predicted molar refractivity (Wildman–Crippen MR) is 89.6 cm³/mol. The van der Waals surface area contributed by atoms with Gasteiger partial charge in [-0.3, -0.25) is 10.2 Å². The number of rotatable bonds is 4. The van der Waals surface area contributed by atoms with Crippen LogP contribution in [0.4, 0.5) is 4.79 Å². The molecule has 24 heavy (non-hydrogen) atoms. The van der Waals surface area contributed by atoms with E-state index < -0.39 is 12.0 Å². The SMILES string of the molecule is CCOC(=O)NNC(=O)c1cc(C(C)C)nc2c1cnn2C(C)C. The van der Waals surface area contributed by atoms with Gasteiger partial charge in [0.05, 0.1) is 23.8 Å². The lowest BCUT2D eigenvalue weighted by molar-refractivity contribution is 0.0914. The lowest BCUT2D eigenvalue weighted by Crippen LogP contribution is -2.42. The summed E-state index contributed by atoms with van der Waals surface area (Å²) < 4.78 is 6.49. The molecule has 0 radical (unpaired) electrons. The highest BCUT2D eigenvalue weighted by molar-refractivity contribution is 6.05. The van der Waals surface area contributed by atoms with Crippen molar-refractivity contribution in [3.05, 3.63) is 23.5 Å². The largest absolute Gasteiger partial charge is 0.449 e. The van der Waals surface area contributed by atoms with Crippen LogP contribution in [0.1, 0.15) is 62.6 Å². The van der Waals surface area contributed by atoms with E-state index in [4.69, 9.17) is 4.74 Å². The van der Waals surface area contributed by atoms with Crippen LogP contribution in [0.25, 0.3) is 11.0 Å². The summed E-state index contributed by atoms with van der Waals surface area (Å²) in [4.78, 5) is 28.4. The standard InChI is InChI=1S/C16H23N5O3/c1-6-24-16(23)20-19-15(22)11-7-13(9(2)3)18-14-12(11)8-17-21(14)10(4)5/h7-10H,6H2,1-5H3,(H,19,22)(H,20,23). The van der Waals surface area contributed by atoms with Crippen molar-refractivity contribution in [2.75, 3.05) is 6.61 Å². The molecule has 2 heterocycles. The van der Waals surface area contributed by atoms with Gasteiger partial charge in [-0.2, -0.15) is 5.10 Å². The number of aromatic nitrogens is 3. The Kier molecular flexibility index (Phi) is 5.38. The average Bonchev–Trinajstić information content (AvgIpc) is 2.95. The third-order valence-electron chi connectivity index (χ3n) is 3.47. The van der Waals surface area contributed by atoms with E-state index in [1.165, 1.54) is 0 Å². The number of fused-ring (bicyclic) bond motifs is 1. The first-order valence-electron chi connectivity index (χ1n) is 7.96. The van der Waals surface area contributed by atoms with Crippen molar-refractivity contribution >= 4 is 23.0 Å². The van der Waals surface area contributed by atoms with Crippen molar-refractivity contribution in [3.8, 4) is 0 Å². The first kappa shape index (κ1) is 17.7. The van der Waals surface area contributed by atoms with Crippen LogP contribution in [0.2, 0.25) is 0 Å². The Labute approximate surface area is 140 Å². The Hall–Kier alpha value is -2.64. The molecular formula is C16H23N5O3. The van der Waals surface area contributed by atoms with Crippen molar-refractivity contribution in [1.29, 1.82) is 0 Å². The van der Waals surface area contributed by atoms with Gasteiger partial charge in [-0.25, -0.2) is 19.9 Å². The summed E-state index contributed by atoms with van der Waals surface area (Å²) in [6, 6.07) is 1.84. The van der Waals surface area contributed by atoms with Gasteiger partial charge in [0, 0.05) is 11.7 Å². The van der Waals surface area contributed by atoms with E-state index in [-0.39, 0.29) is 18.6 Å². The van der Waals surface area contributed by atoms with Gasteiger partial charge >= 0.3 is 6.09 Å². The third kappa shape index (κ3) is 3.64. The number of carbonyl (C=O) groups is 2. The first-order valence-corrected chi connectivity index (χ1v) is 7.96. The molecule has 2 rings (SSSR count). The average molecular weight is 333 g/mol. The molecule has 2 N–H and O–H groups in total. The van der Waals surface area contributed by atoms with Gasteiger partial charge in [-0.15, -0.1) is 0 Å². The van der Waals surface area contributed by atoms with Crippen molar-refractivity contribution in [1.82, 2.24) is 25.6 Å². The number of hydrazine groups is 1. The Balaban J connectivity index is 2.41. The van der Waals surface area contributed by atoms with Gasteiger partial charge < -0.3 is 4.74 Å². The summed E-state index contributed by atoms with van der Waals surface area (Å²) >= 11 is 0. The number of pyridine rings is 1. The van der Waals surface area contributed by atoms with Crippen molar-refractivity contribution in [3.63, 3.8) is 0 Å². The Bertz CT molecular complexity index is 751. The number of nitrogens with zero attached hydrogens (tertiary/aromatic N) is 3. The minimum absolute atomic E-state index is 0.117. The smallest absolute Gasteiger partial charge is 0.426 e. The van der Waals surface area contributed by atoms with E-state index in [0.29, 0.717) is 16.6 Å². The first-order chi connectivity index (χ1) is 11.3. The number of nitrogens with one attached hydrogen (secondary N) is 2. The lowest BCUT2D eigenvalue weighted by atomic mass is 10.1. The second kappa shape index (κ2) is 7.29. The molecule has 0 spiro atoms. The Morgan fingerprint density at radius 3 is 2.54 bits per heavy atom. The van der Waals surface area contributed by atoms with E-state index in [2.05, 4.69) is 20.9 Å². The molecular weight excluding hydrogens is 310 g/mol. The van der Waals surface area contributed by atoms with Crippen LogP contribution in [0.5, 0.6) is 0 Å². The molecule has 8 heteroatoms. The molecule has 2 aromatic heterocycles. The Morgan fingerprint density at radius 2 is 1.96 bits per heavy atom. The maximum Gasteiger partial charge on any atom is 0.426 e. The van der Waals surface area contributed by atoms with Gasteiger partial charge in [0.25, 0.3) is 5.91 Å². The van der Waals surface area contributed by atoms with Crippen LogP contribution in [-0.2, 0) is 4.74 Å². The highest BCUT2D eigenvalue weighted by Crippen LogP contribution is 2.24. The second-order valence-corrected chi connectivity index (χ2v) is 5.97. The fraction of sp³-hybridized carbons (Fsp3) is 0.500. The molecule has 0 saturated carbocycles. The highest BCUT2D eigenvalue weighted by Gasteiger charge is 2.19. The van der Waals surface area contributed by atoms with Crippen LogP contribution in [-0.4, -0.2) is 33.4 Å². The molecule has 0 fully saturated rings. The molecule has 0 aliphatic heterocycles. The van der Waals surface area contributed by atoms with Gasteiger partial charge in [0.2, 0.25) is 0 Å². The van der Waals surface area contributed by atoms with Gasteiger partial charge in [0.1, 0.15) is 0 Å². The maximum atomic E-state index is 12.5. The second-order valence-electron chi connectivity index (χ2n) is 5.97. The zero-order valence-corrected chi connectivity index (χ0v) is 14.6. The van der Waals surface area contributed by atoms with Crippen molar-refractivity contribution in [2.45, 2.75) is 46.6 Å². The number of amides is 2. The summed E-state index contributed by atoms with van der Waals surface area (Å²) in [6.45, 7) is 9.91. The fourth-order valence-electron chi connectivity index (χ4n) is 2.24. The molecule has 0 bridgehead atoms. The zero-order chi connectivity index (χ0) is 17.9. The molecule has 2 amide bonds. The van der Waals surface area contributed by atoms with Crippen LogP contribution >= 0.6 is 0 Å². The minimum Gasteiger partial charge on any atom is -0.449 e. The van der Waals surface area contributed by atoms with E-state index in [1.807, 2.05) is 27.7 Å². The third-order valence-corrected chi connectivity index (χ3v) is 3.47. The zero-order valence-electron chi connectivity index (χ0n) is 14.6. The molecule has 0 aliphatic rings. The molecule has 130 valence electrons. The van der Waals surface area contributed by atoms with Gasteiger partial charge in [-0.05, 0) is 32.8 Å². The van der Waals surface area contributed by atoms with E-state index in [9.17, 15) is 9.59 Å². The molecule has 0 saturated heterocycles. The Morgan fingerprint density at radius 1 is 1.25 bits per heavy atom. The molecule has 0 unspecified atom stereocenters. The van der Waals surface area contributed by atoms with E-state index in [1.54, 1.807) is 23.9 Å². The molecule has 0 aliphatic carbocycles. The molecule has 0 aromatic carbocycles. The molecule has 2 aromatic rings. The molecule has 8 nitrogen and oxygen atoms in total. The normalized spacial score (nSPS) is 11.1. The number of hydrogen-bond acceptors (Lipinski definition) is 5. The quantitative estimate of drug-likeness (QED) is 0.838. The molecule has 0 atom stereocenters. The maximum absolute atomic E-state index is 12.5. The number of hydrogen-bond donors (Lipinski definition) is 2. The topological polar surface area (TPSA) is 98.1 Å². The van der Waals surface area contributed by atoms with E-state index in [0.717, 1.165) is 5.69 Å². The van der Waals surface area contributed by atoms with Crippen molar-refractivity contribution in [2.24, 2.45) is 0 Å². The highest BCUT2D eigenvalue weighted by atomic mass is 16.5. The van der Waals surface area contributed by atoms with Gasteiger partial charge in [0.15, 0.2) is 5.65 Å². The fourth-order valence-corrected chi connectivity index (χ4v) is 2.24. The van der Waals surface area contributed by atoms with Crippen LogP contribution in [0.3, 0.4) is 0 Å². The van der Waals surface area contributed by atoms with E-state index >= 15 is 0 Å². The van der Waals surface area contributed by atoms with Gasteiger partial charge in [-0.1, -0.05) is 13.8 Å². The lowest BCUT2D eigenvalue weighted by Gasteiger charge is -2.12. The minimum atomic E-state index is -0.710.